The van der Waals surface area contributed by atoms with Gasteiger partial charge in [0, 0.05) is 37.0 Å². The van der Waals surface area contributed by atoms with E-state index >= 15 is 0 Å². The van der Waals surface area contributed by atoms with E-state index in [0.717, 1.165) is 40.6 Å². The molecule has 4 rings (SSSR count). The van der Waals surface area contributed by atoms with Crippen LogP contribution in [0.25, 0.3) is 29.1 Å². The van der Waals surface area contributed by atoms with Crippen LogP contribution in [0.3, 0.4) is 0 Å². The first-order valence-corrected chi connectivity index (χ1v) is 16.5. The largest absolute Gasteiger partial charge is 0.870 e. The van der Waals surface area contributed by atoms with Gasteiger partial charge in [0.2, 0.25) is 0 Å². The topological polar surface area (TPSA) is 91.5 Å². The predicted octanol–water partition coefficient (Wildman–Crippen LogP) is 7.89. The molecule has 0 bridgehead atoms. The molecule has 228 valence electrons. The Morgan fingerprint density at radius 1 is 0.814 bits per heavy atom. The molecule has 1 heterocycles. The summed E-state index contributed by atoms with van der Waals surface area (Å²) in [7, 11) is -4.23. The Kier molecular flexibility index (Phi) is 13.1. The molecule has 1 aromatic heterocycles. The molecule has 0 amide bonds. The lowest BCUT2D eigenvalue weighted by Crippen LogP contribution is -2.25. The summed E-state index contributed by atoms with van der Waals surface area (Å²) in [6.07, 6.45) is 16.8. The minimum absolute atomic E-state index is 0. The second-order valence-electron chi connectivity index (χ2n) is 10.8. The summed E-state index contributed by atoms with van der Waals surface area (Å²) in [5.74, 6) is 0. The van der Waals surface area contributed by atoms with Gasteiger partial charge in [0.15, 0.2) is 18.6 Å². The molecule has 0 aliphatic rings. The second kappa shape index (κ2) is 16.8. The van der Waals surface area contributed by atoms with Crippen LogP contribution in [-0.4, -0.2) is 36.8 Å². The fourth-order valence-electron chi connectivity index (χ4n) is 4.96. The minimum atomic E-state index is -4.23. The first kappa shape index (κ1) is 33.7. The number of aromatic nitrogens is 1. The van der Waals surface area contributed by atoms with E-state index in [1.54, 1.807) is 12.2 Å². The van der Waals surface area contributed by atoms with Gasteiger partial charge in [-0.25, -0.2) is 0 Å². The zero-order chi connectivity index (χ0) is 29.8. The maximum atomic E-state index is 12.2. The second-order valence-corrected chi connectivity index (χ2v) is 12.5. The normalized spacial score (nSPS) is 12.5. The molecule has 4 aromatic rings. The summed E-state index contributed by atoms with van der Waals surface area (Å²) in [5.41, 5.74) is 4.28. The van der Waals surface area contributed by atoms with Crippen molar-refractivity contribution in [3.63, 3.8) is 0 Å². The van der Waals surface area contributed by atoms with E-state index in [9.17, 15) is 13.0 Å². The number of hydrogen-bond donors (Lipinski definition) is 1. The van der Waals surface area contributed by atoms with Gasteiger partial charge in [0.1, 0.15) is 5.25 Å². The third-order valence-electron chi connectivity index (χ3n) is 7.54. The van der Waals surface area contributed by atoms with Crippen LogP contribution in [0.15, 0.2) is 97.3 Å². The molecule has 0 aliphatic carbocycles. The number of fused-ring (bicyclic) bond motifs is 1. The van der Waals surface area contributed by atoms with Crippen molar-refractivity contribution in [2.75, 3.05) is 18.0 Å². The quantitative estimate of drug-likeness (QED) is 0.111. The molecule has 7 heteroatoms. The van der Waals surface area contributed by atoms with E-state index in [4.69, 9.17) is 0 Å². The van der Waals surface area contributed by atoms with Crippen LogP contribution < -0.4 is 9.47 Å². The van der Waals surface area contributed by atoms with Crippen molar-refractivity contribution in [3.8, 4) is 0 Å². The molecule has 6 nitrogen and oxygen atoms in total. The van der Waals surface area contributed by atoms with Gasteiger partial charge < -0.3 is 10.4 Å². The van der Waals surface area contributed by atoms with Crippen molar-refractivity contribution in [1.82, 2.24) is 0 Å². The molecule has 43 heavy (non-hydrogen) atoms. The summed E-state index contributed by atoms with van der Waals surface area (Å²) in [4.78, 5) is 2.48. The van der Waals surface area contributed by atoms with Gasteiger partial charge >= 0.3 is 0 Å². The van der Waals surface area contributed by atoms with E-state index in [1.807, 2.05) is 77.8 Å². The van der Waals surface area contributed by atoms with Crippen LogP contribution in [0.1, 0.15) is 62.6 Å². The highest BCUT2D eigenvalue weighted by Gasteiger charge is 2.20. The van der Waals surface area contributed by atoms with Gasteiger partial charge in [-0.1, -0.05) is 87.4 Å². The summed E-state index contributed by atoms with van der Waals surface area (Å²) >= 11 is 0. The van der Waals surface area contributed by atoms with Gasteiger partial charge in [-0.15, -0.1) is 0 Å². The molecule has 1 atom stereocenters. The van der Waals surface area contributed by atoms with Crippen LogP contribution in [0.2, 0.25) is 0 Å². The smallest absolute Gasteiger partial charge is 0.271 e. The van der Waals surface area contributed by atoms with Crippen LogP contribution in [0.5, 0.6) is 0 Å². The molecular formula is C36H44N2O4S. The first-order valence-electron chi connectivity index (χ1n) is 15.0. The zero-order valence-corrected chi connectivity index (χ0v) is 26.0. The van der Waals surface area contributed by atoms with Gasteiger partial charge in [-0.05, 0) is 71.3 Å². The lowest BCUT2D eigenvalue weighted by Gasteiger charge is -2.25. The summed E-state index contributed by atoms with van der Waals surface area (Å²) in [6.45, 7) is 6.58. The average molecular weight is 601 g/mol. The highest BCUT2D eigenvalue weighted by Crippen LogP contribution is 2.25. The van der Waals surface area contributed by atoms with E-state index in [1.165, 1.54) is 31.4 Å². The molecule has 0 spiro atoms. The Morgan fingerprint density at radius 3 is 2.12 bits per heavy atom. The Labute approximate surface area is 257 Å². The van der Waals surface area contributed by atoms with Crippen molar-refractivity contribution < 1.29 is 23.0 Å². The third-order valence-corrected chi connectivity index (χ3v) is 8.70. The Bertz CT molecular complexity index is 1580. The zero-order valence-electron chi connectivity index (χ0n) is 25.2. The highest BCUT2D eigenvalue weighted by molar-refractivity contribution is 7.86. The number of nitrogens with zero attached hydrogens (tertiary/aromatic N) is 2. The van der Waals surface area contributed by atoms with Crippen LogP contribution in [-0.2, 0) is 16.5 Å². The van der Waals surface area contributed by atoms with Crippen molar-refractivity contribution >= 4 is 44.9 Å². The van der Waals surface area contributed by atoms with Crippen LogP contribution in [0, 0.1) is 0 Å². The molecular weight excluding hydrogens is 556 g/mol. The maximum absolute atomic E-state index is 12.2. The number of aryl methyl sites for hydroxylation is 1. The average Bonchev–Trinajstić information content (AvgIpc) is 3.00. The lowest BCUT2D eigenvalue weighted by atomic mass is 10.0. The number of rotatable bonds is 15. The van der Waals surface area contributed by atoms with Gasteiger partial charge in [0.25, 0.3) is 10.1 Å². The van der Waals surface area contributed by atoms with E-state index in [-0.39, 0.29) is 5.48 Å². The van der Waals surface area contributed by atoms with Crippen molar-refractivity contribution in [1.29, 1.82) is 0 Å². The predicted molar refractivity (Wildman–Crippen MR) is 179 cm³/mol. The van der Waals surface area contributed by atoms with Crippen molar-refractivity contribution in [2.24, 2.45) is 0 Å². The number of anilines is 1. The Morgan fingerprint density at radius 2 is 1.47 bits per heavy atom. The third kappa shape index (κ3) is 10.5. The van der Waals surface area contributed by atoms with Crippen LogP contribution >= 0.6 is 0 Å². The number of benzene rings is 3. The van der Waals surface area contributed by atoms with Gasteiger partial charge in [0.05, 0.1) is 0 Å². The van der Waals surface area contributed by atoms with E-state index in [0.29, 0.717) is 12.8 Å². The minimum Gasteiger partial charge on any atom is -0.870 e. The summed E-state index contributed by atoms with van der Waals surface area (Å²) in [6, 6.07) is 26.8. The molecule has 1 unspecified atom stereocenters. The fourth-order valence-corrected chi connectivity index (χ4v) is 5.66. The molecule has 0 fully saturated rings. The highest BCUT2D eigenvalue weighted by atomic mass is 32.2. The summed E-state index contributed by atoms with van der Waals surface area (Å²) in [5, 5.41) is 1.29. The number of hydrogen-bond acceptors (Lipinski definition) is 4. The monoisotopic (exact) mass is 600 g/mol. The van der Waals surface area contributed by atoms with Gasteiger partial charge in [-0.2, -0.15) is 13.0 Å². The molecule has 0 aliphatic heterocycles. The fraction of sp³-hybridized carbons (Fsp3) is 0.306. The van der Waals surface area contributed by atoms with E-state index in [2.05, 4.69) is 49.1 Å². The Hall–Kier alpha value is -3.78. The molecule has 3 aromatic carbocycles. The SMILES string of the molecule is CCCCN(CCCC)c1ccc2cc(C=CC(CCc3cc[n+](C=Cc4ccccc4)cc3)S(=O)(=O)O)ccc2c1.[OH-]. The standard InChI is InChI=1S/C36H42N2O3S.H2O/c1-3-5-23-38(24-6-4-2)35-17-16-33-28-32(12-15-34(33)29-35)14-19-36(42(39,40)41)18-13-31-21-26-37(27-22-31)25-20-30-10-8-7-9-11-30;/h7-12,14-17,19-22,25-29,36H,3-6,13,18,23-24H2,1-2H3;1H2. The maximum Gasteiger partial charge on any atom is 0.271 e. The van der Waals surface area contributed by atoms with E-state index < -0.39 is 15.4 Å². The van der Waals surface area contributed by atoms with Crippen molar-refractivity contribution in [2.45, 2.75) is 57.6 Å². The van der Waals surface area contributed by atoms with Gasteiger partial charge in [-0.3, -0.25) is 4.55 Å². The molecule has 0 saturated heterocycles. The Balaban J connectivity index is 0.00000506. The molecule has 2 N–H and O–H groups in total. The van der Waals surface area contributed by atoms with Crippen molar-refractivity contribution in [3.05, 3.63) is 114 Å². The molecule has 0 saturated carbocycles. The molecule has 0 radical (unpaired) electrons. The number of pyridine rings is 1. The lowest BCUT2D eigenvalue weighted by molar-refractivity contribution is -0.567. The van der Waals surface area contributed by atoms with Crippen LogP contribution in [0.4, 0.5) is 5.69 Å². The first-order chi connectivity index (χ1) is 20.4. The number of unbranched alkanes of at least 4 members (excludes halogenated alkanes) is 2. The summed E-state index contributed by atoms with van der Waals surface area (Å²) < 4.78 is 36.3.